The topological polar surface area (TPSA) is 72.2 Å². The molecule has 0 aromatic rings. The lowest BCUT2D eigenvalue weighted by atomic mass is 10.2. The summed E-state index contributed by atoms with van der Waals surface area (Å²) in [5.74, 6) is 0.457. The minimum Gasteiger partial charge on any atom is -0.374 e. The van der Waals surface area contributed by atoms with Gasteiger partial charge in [0.1, 0.15) is 0 Å². The van der Waals surface area contributed by atoms with Crippen molar-refractivity contribution in [2.75, 3.05) is 12.3 Å². The summed E-state index contributed by atoms with van der Waals surface area (Å²) in [7, 11) is 0. The van der Waals surface area contributed by atoms with Gasteiger partial charge in [-0.15, -0.1) is 11.8 Å². The van der Waals surface area contributed by atoms with Gasteiger partial charge in [0.2, 0.25) is 5.78 Å². The predicted molar refractivity (Wildman–Crippen MR) is 59.0 cm³/mol. The standard InChI is InChI=1S/C9H14N2O3S/c1-2-4-7(12)8(11(13)14)9-10-5-3-6-15-9/h10H,2-6H2,1H3/b9-8+. The van der Waals surface area contributed by atoms with Crippen LogP contribution >= 0.6 is 11.8 Å². The molecule has 5 nitrogen and oxygen atoms in total. The molecule has 1 aliphatic heterocycles. The molecule has 0 spiro atoms. The van der Waals surface area contributed by atoms with Crippen LogP contribution < -0.4 is 5.32 Å². The lowest BCUT2D eigenvalue weighted by Crippen LogP contribution is -2.25. The summed E-state index contributed by atoms with van der Waals surface area (Å²) in [6, 6.07) is 0. The molecule has 15 heavy (non-hydrogen) atoms. The number of carbonyl (C=O) groups excluding carboxylic acids is 1. The first-order valence-corrected chi connectivity index (χ1v) is 5.94. The third-order valence-electron chi connectivity index (χ3n) is 1.99. The van der Waals surface area contributed by atoms with Gasteiger partial charge < -0.3 is 5.32 Å². The van der Waals surface area contributed by atoms with Crippen LogP contribution in [0.3, 0.4) is 0 Å². The average Bonchev–Trinajstić information content (AvgIpc) is 2.19. The lowest BCUT2D eigenvalue weighted by Gasteiger charge is -2.15. The van der Waals surface area contributed by atoms with E-state index in [1.54, 1.807) is 0 Å². The van der Waals surface area contributed by atoms with Gasteiger partial charge >= 0.3 is 5.70 Å². The monoisotopic (exact) mass is 230 g/mol. The highest BCUT2D eigenvalue weighted by atomic mass is 32.2. The number of hydrogen-bond acceptors (Lipinski definition) is 5. The first-order valence-electron chi connectivity index (χ1n) is 4.95. The smallest absolute Gasteiger partial charge is 0.341 e. The van der Waals surface area contributed by atoms with Gasteiger partial charge in [-0.05, 0) is 12.8 Å². The van der Waals surface area contributed by atoms with Gasteiger partial charge in [-0.25, -0.2) is 0 Å². The van der Waals surface area contributed by atoms with Gasteiger partial charge in [-0.1, -0.05) is 6.92 Å². The molecule has 1 saturated heterocycles. The number of allylic oxidation sites excluding steroid dienone is 1. The molecular formula is C9H14N2O3S. The van der Waals surface area contributed by atoms with Crippen molar-refractivity contribution in [3.05, 3.63) is 20.8 Å². The van der Waals surface area contributed by atoms with Crippen LogP contribution in [0.15, 0.2) is 10.7 Å². The number of nitrogens with one attached hydrogen (secondary N) is 1. The molecule has 0 bridgehead atoms. The number of nitro groups is 1. The molecule has 0 saturated carbocycles. The second-order valence-electron chi connectivity index (χ2n) is 3.24. The van der Waals surface area contributed by atoms with Crippen molar-refractivity contribution in [3.8, 4) is 0 Å². The van der Waals surface area contributed by atoms with E-state index in [4.69, 9.17) is 0 Å². The summed E-state index contributed by atoms with van der Waals surface area (Å²) in [4.78, 5) is 21.7. The summed E-state index contributed by atoms with van der Waals surface area (Å²) in [5.41, 5.74) is -0.262. The van der Waals surface area contributed by atoms with E-state index < -0.39 is 4.92 Å². The van der Waals surface area contributed by atoms with Gasteiger partial charge in [0.25, 0.3) is 0 Å². The van der Waals surface area contributed by atoms with Crippen LogP contribution in [0.2, 0.25) is 0 Å². The van der Waals surface area contributed by atoms with Crippen LogP contribution in [-0.4, -0.2) is 23.0 Å². The van der Waals surface area contributed by atoms with E-state index in [1.807, 2.05) is 6.92 Å². The number of thioether (sulfide) groups is 1. The molecule has 0 radical (unpaired) electrons. The number of hydrogen-bond donors (Lipinski definition) is 1. The molecule has 1 fully saturated rings. The van der Waals surface area contributed by atoms with Gasteiger partial charge in [-0.3, -0.25) is 14.9 Å². The Labute approximate surface area is 92.5 Å². The third kappa shape index (κ3) is 3.23. The fraction of sp³-hybridized carbons (Fsp3) is 0.667. The van der Waals surface area contributed by atoms with Crippen molar-refractivity contribution in [2.45, 2.75) is 26.2 Å². The van der Waals surface area contributed by atoms with Crippen LogP contribution in [0.5, 0.6) is 0 Å². The van der Waals surface area contributed by atoms with Crippen LogP contribution in [0.1, 0.15) is 26.2 Å². The SMILES string of the molecule is CCCC(=O)/C(=C1/NCCCS1)[N+](=O)[O-]. The molecule has 0 amide bonds. The Kier molecular flexibility index (Phi) is 4.61. The van der Waals surface area contributed by atoms with E-state index in [2.05, 4.69) is 5.32 Å². The molecule has 1 aliphatic rings. The average molecular weight is 230 g/mol. The molecular weight excluding hydrogens is 216 g/mol. The Hall–Kier alpha value is -1.04. The number of nitrogens with zero attached hydrogens (tertiary/aromatic N) is 1. The van der Waals surface area contributed by atoms with Crippen LogP contribution in [-0.2, 0) is 4.79 Å². The van der Waals surface area contributed by atoms with E-state index >= 15 is 0 Å². The van der Waals surface area contributed by atoms with Gasteiger partial charge in [0.15, 0.2) is 5.03 Å². The highest BCUT2D eigenvalue weighted by Gasteiger charge is 2.27. The molecule has 1 heterocycles. The molecule has 0 aliphatic carbocycles. The quantitative estimate of drug-likeness (QED) is 0.450. The normalized spacial score (nSPS) is 19.3. The lowest BCUT2D eigenvalue weighted by molar-refractivity contribution is -0.419. The van der Waals surface area contributed by atoms with Crippen molar-refractivity contribution in [1.29, 1.82) is 0 Å². The second-order valence-corrected chi connectivity index (χ2v) is 4.34. The van der Waals surface area contributed by atoms with Crippen molar-refractivity contribution >= 4 is 17.5 Å². The Morgan fingerprint density at radius 2 is 2.40 bits per heavy atom. The van der Waals surface area contributed by atoms with Crippen molar-refractivity contribution < 1.29 is 9.72 Å². The summed E-state index contributed by atoms with van der Waals surface area (Å²) in [6.45, 7) is 2.54. The first kappa shape index (κ1) is 12.0. The van der Waals surface area contributed by atoms with Crippen LogP contribution in [0, 0.1) is 10.1 Å². The molecule has 84 valence electrons. The Bertz CT molecular complexity index is 294. The van der Waals surface area contributed by atoms with Crippen molar-refractivity contribution in [1.82, 2.24) is 5.32 Å². The first-order chi connectivity index (χ1) is 7.16. The number of rotatable bonds is 4. The zero-order valence-electron chi connectivity index (χ0n) is 8.62. The van der Waals surface area contributed by atoms with Gasteiger partial charge in [0.05, 0.1) is 4.92 Å². The Morgan fingerprint density at radius 1 is 1.67 bits per heavy atom. The van der Waals surface area contributed by atoms with Gasteiger partial charge in [-0.2, -0.15) is 0 Å². The zero-order chi connectivity index (χ0) is 11.3. The van der Waals surface area contributed by atoms with E-state index in [1.165, 1.54) is 11.8 Å². The molecule has 1 N–H and O–H groups in total. The van der Waals surface area contributed by atoms with E-state index in [-0.39, 0.29) is 17.9 Å². The van der Waals surface area contributed by atoms with E-state index in [0.29, 0.717) is 18.0 Å². The van der Waals surface area contributed by atoms with Crippen molar-refractivity contribution in [3.63, 3.8) is 0 Å². The van der Waals surface area contributed by atoms with Crippen LogP contribution in [0.4, 0.5) is 0 Å². The number of carbonyl (C=O) groups is 1. The van der Waals surface area contributed by atoms with Crippen molar-refractivity contribution in [2.24, 2.45) is 0 Å². The number of Topliss-reactive ketones (excluding diaryl/α,β-unsaturated/α-hetero) is 1. The van der Waals surface area contributed by atoms with Crippen LogP contribution in [0.25, 0.3) is 0 Å². The molecule has 0 atom stereocenters. The zero-order valence-corrected chi connectivity index (χ0v) is 9.43. The molecule has 0 unspecified atom stereocenters. The molecule has 6 heteroatoms. The number of ketones is 1. The summed E-state index contributed by atoms with van der Waals surface area (Å²) in [5, 5.41) is 14.1. The largest absolute Gasteiger partial charge is 0.374 e. The maximum Gasteiger partial charge on any atom is 0.341 e. The molecule has 0 aromatic heterocycles. The van der Waals surface area contributed by atoms with E-state index in [9.17, 15) is 14.9 Å². The minimum atomic E-state index is -0.571. The highest BCUT2D eigenvalue weighted by molar-refractivity contribution is 8.03. The Morgan fingerprint density at radius 3 is 2.87 bits per heavy atom. The fourth-order valence-electron chi connectivity index (χ4n) is 1.31. The molecule has 1 rings (SSSR count). The fourth-order valence-corrected chi connectivity index (χ4v) is 2.33. The van der Waals surface area contributed by atoms with E-state index in [0.717, 1.165) is 12.2 Å². The highest BCUT2D eigenvalue weighted by Crippen LogP contribution is 2.23. The minimum absolute atomic E-state index is 0.238. The maximum atomic E-state index is 11.5. The third-order valence-corrected chi connectivity index (χ3v) is 3.11. The second kappa shape index (κ2) is 5.75. The van der Waals surface area contributed by atoms with Gasteiger partial charge in [0, 0.05) is 18.7 Å². The Balaban J connectivity index is 2.88. The maximum absolute atomic E-state index is 11.5. The summed E-state index contributed by atoms with van der Waals surface area (Å²) >= 11 is 1.36. The predicted octanol–water partition coefficient (Wildman–Crippen LogP) is 1.53. The summed E-state index contributed by atoms with van der Waals surface area (Å²) in [6.07, 6.45) is 1.84. The molecule has 0 aromatic carbocycles. The summed E-state index contributed by atoms with van der Waals surface area (Å²) < 4.78 is 0.